The summed E-state index contributed by atoms with van der Waals surface area (Å²) in [6, 6.07) is 19.5. The van der Waals surface area contributed by atoms with Crippen LogP contribution in [0.25, 0.3) is 5.57 Å². The molecule has 30 heavy (non-hydrogen) atoms. The van der Waals surface area contributed by atoms with Crippen LogP contribution in [-0.2, 0) is 6.42 Å². The molecule has 1 fully saturated rings. The lowest BCUT2D eigenvalue weighted by Gasteiger charge is -2.43. The number of dihydropyridines is 1. The Bertz CT molecular complexity index is 1190. The van der Waals surface area contributed by atoms with E-state index in [1.807, 2.05) is 0 Å². The number of hydrogen-bond donors (Lipinski definition) is 0. The first kappa shape index (κ1) is 18.0. The van der Waals surface area contributed by atoms with Gasteiger partial charge in [0.2, 0.25) is 0 Å². The average Bonchev–Trinajstić information content (AvgIpc) is 3.21. The summed E-state index contributed by atoms with van der Waals surface area (Å²) in [5.41, 5.74) is 6.63. The molecule has 1 aliphatic carbocycles. The van der Waals surface area contributed by atoms with Gasteiger partial charge in [0.05, 0.1) is 16.6 Å². The number of piperidine rings is 1. The van der Waals surface area contributed by atoms with Crippen molar-refractivity contribution in [3.63, 3.8) is 0 Å². The number of hydrogen-bond acceptors (Lipinski definition) is 3. The van der Waals surface area contributed by atoms with Crippen molar-refractivity contribution in [1.82, 2.24) is 4.90 Å². The molecule has 2 aromatic carbocycles. The van der Waals surface area contributed by atoms with Crippen LogP contribution in [0.4, 0.5) is 0 Å². The molecule has 0 atom stereocenters. The zero-order chi connectivity index (χ0) is 20.0. The number of fused-ring (bicyclic) bond motifs is 4. The summed E-state index contributed by atoms with van der Waals surface area (Å²) in [7, 11) is 0. The maximum atomic E-state index is 5.47. The third-order valence-electron chi connectivity index (χ3n) is 7.13. The highest BCUT2D eigenvalue weighted by molar-refractivity contribution is 6.08. The maximum Gasteiger partial charge on any atom is 0.0911 e. The van der Waals surface area contributed by atoms with E-state index in [0.717, 1.165) is 57.1 Å². The van der Waals surface area contributed by atoms with Gasteiger partial charge < -0.3 is 4.90 Å². The Balaban J connectivity index is 1.32. The van der Waals surface area contributed by atoms with Crippen LogP contribution in [0.15, 0.2) is 88.0 Å². The van der Waals surface area contributed by atoms with Gasteiger partial charge in [0.15, 0.2) is 0 Å². The first-order valence-electron chi connectivity index (χ1n) is 11.2. The SMILES string of the molecule is C1=CCC2=C3N=c4ccccc4=C3C3(CCN(CCc4ccccc4)CC3)N=C2C1. The minimum Gasteiger partial charge on any atom is -0.303 e. The van der Waals surface area contributed by atoms with Crippen LogP contribution in [0, 0.1) is 0 Å². The van der Waals surface area contributed by atoms with Gasteiger partial charge in [0, 0.05) is 48.1 Å². The van der Waals surface area contributed by atoms with E-state index in [1.165, 1.54) is 33.3 Å². The molecule has 0 unspecified atom stereocenters. The number of benzene rings is 2. The van der Waals surface area contributed by atoms with Crippen LogP contribution >= 0.6 is 0 Å². The van der Waals surface area contributed by atoms with E-state index >= 15 is 0 Å². The average molecular weight is 394 g/mol. The van der Waals surface area contributed by atoms with Crippen molar-refractivity contribution < 1.29 is 0 Å². The zero-order valence-corrected chi connectivity index (χ0v) is 17.3. The van der Waals surface area contributed by atoms with Gasteiger partial charge in [-0.3, -0.25) is 4.99 Å². The highest BCUT2D eigenvalue weighted by Crippen LogP contribution is 2.45. The van der Waals surface area contributed by atoms with Crippen molar-refractivity contribution in [2.45, 2.75) is 37.6 Å². The highest BCUT2D eigenvalue weighted by Gasteiger charge is 2.44. The van der Waals surface area contributed by atoms with Gasteiger partial charge in [0.25, 0.3) is 0 Å². The predicted molar refractivity (Wildman–Crippen MR) is 122 cm³/mol. The maximum absolute atomic E-state index is 5.47. The fourth-order valence-corrected chi connectivity index (χ4v) is 5.51. The molecule has 6 rings (SSSR count). The zero-order valence-electron chi connectivity index (χ0n) is 17.3. The third kappa shape index (κ3) is 2.92. The lowest BCUT2D eigenvalue weighted by Crippen LogP contribution is -2.48. The molecule has 3 aliphatic heterocycles. The van der Waals surface area contributed by atoms with E-state index in [-0.39, 0.29) is 5.54 Å². The smallest absolute Gasteiger partial charge is 0.0911 e. The molecule has 0 radical (unpaired) electrons. The summed E-state index contributed by atoms with van der Waals surface area (Å²) in [5, 5.41) is 2.45. The van der Waals surface area contributed by atoms with Crippen LogP contribution in [0.1, 0.15) is 31.2 Å². The minimum absolute atomic E-state index is 0.0985. The molecule has 150 valence electrons. The number of allylic oxidation sites excluding steroid dienone is 3. The molecule has 1 spiro atoms. The summed E-state index contributed by atoms with van der Waals surface area (Å²) in [5.74, 6) is 0. The monoisotopic (exact) mass is 393 g/mol. The minimum atomic E-state index is -0.0985. The Labute approximate surface area is 177 Å². The number of likely N-dealkylation sites (tertiary alicyclic amines) is 1. The molecule has 3 heteroatoms. The fourth-order valence-electron chi connectivity index (χ4n) is 5.51. The Morgan fingerprint density at radius 2 is 1.63 bits per heavy atom. The van der Waals surface area contributed by atoms with Crippen molar-refractivity contribution in [3.05, 3.63) is 94.2 Å². The molecular formula is C27H27N3. The van der Waals surface area contributed by atoms with Crippen molar-refractivity contribution in [1.29, 1.82) is 0 Å². The highest BCUT2D eigenvalue weighted by atomic mass is 15.1. The molecule has 2 aromatic rings. The van der Waals surface area contributed by atoms with Crippen molar-refractivity contribution in [2.75, 3.05) is 19.6 Å². The van der Waals surface area contributed by atoms with E-state index in [9.17, 15) is 0 Å². The summed E-state index contributed by atoms with van der Waals surface area (Å²) in [4.78, 5) is 13.2. The van der Waals surface area contributed by atoms with Crippen molar-refractivity contribution in [2.24, 2.45) is 9.98 Å². The van der Waals surface area contributed by atoms with Crippen LogP contribution < -0.4 is 10.6 Å². The Kier molecular flexibility index (Phi) is 4.31. The summed E-state index contributed by atoms with van der Waals surface area (Å²) >= 11 is 0. The Morgan fingerprint density at radius 3 is 2.50 bits per heavy atom. The standard InChI is InChI=1S/C27H27N3/c1-2-8-20(9-3-1)14-17-30-18-15-27(16-19-30)25-21-10-4-6-12-23(21)28-26(25)22-11-5-7-13-24(22)29-27/h1-10,12H,11,13-19H2. The van der Waals surface area contributed by atoms with Gasteiger partial charge in [-0.15, -0.1) is 0 Å². The largest absolute Gasteiger partial charge is 0.303 e. The van der Waals surface area contributed by atoms with E-state index in [1.54, 1.807) is 0 Å². The van der Waals surface area contributed by atoms with E-state index in [0.29, 0.717) is 0 Å². The van der Waals surface area contributed by atoms with E-state index in [4.69, 9.17) is 9.98 Å². The van der Waals surface area contributed by atoms with Gasteiger partial charge in [-0.1, -0.05) is 60.7 Å². The molecule has 0 bridgehead atoms. The molecule has 0 amide bonds. The fraction of sp³-hybridized carbons (Fsp3) is 0.333. The van der Waals surface area contributed by atoms with Crippen LogP contribution in [0.5, 0.6) is 0 Å². The van der Waals surface area contributed by atoms with Crippen LogP contribution in [0.3, 0.4) is 0 Å². The number of rotatable bonds is 3. The van der Waals surface area contributed by atoms with Crippen LogP contribution in [-0.4, -0.2) is 35.8 Å². The molecule has 3 heterocycles. The van der Waals surface area contributed by atoms with Gasteiger partial charge >= 0.3 is 0 Å². The normalized spacial score (nSPS) is 21.7. The number of nitrogens with zero attached hydrogens (tertiary/aromatic N) is 3. The predicted octanol–water partition coefficient (Wildman–Crippen LogP) is 3.61. The summed E-state index contributed by atoms with van der Waals surface area (Å²) in [6.45, 7) is 3.34. The molecule has 4 aliphatic rings. The Morgan fingerprint density at radius 1 is 0.867 bits per heavy atom. The second-order valence-electron chi connectivity index (χ2n) is 8.88. The van der Waals surface area contributed by atoms with Crippen LogP contribution in [0.2, 0.25) is 0 Å². The lowest BCUT2D eigenvalue weighted by molar-refractivity contribution is 0.191. The molecule has 0 aromatic heterocycles. The number of aliphatic imine (C=N–C) groups is 1. The van der Waals surface area contributed by atoms with Gasteiger partial charge in [-0.25, -0.2) is 4.99 Å². The van der Waals surface area contributed by atoms with Gasteiger partial charge in [-0.05, 0) is 37.3 Å². The summed E-state index contributed by atoms with van der Waals surface area (Å²) < 4.78 is 0. The van der Waals surface area contributed by atoms with E-state index < -0.39 is 0 Å². The third-order valence-corrected chi connectivity index (χ3v) is 7.13. The topological polar surface area (TPSA) is 28.0 Å². The Hall–Kier alpha value is -2.78. The van der Waals surface area contributed by atoms with Crippen molar-refractivity contribution in [3.8, 4) is 0 Å². The molecular weight excluding hydrogens is 366 g/mol. The van der Waals surface area contributed by atoms with E-state index in [2.05, 4.69) is 71.6 Å². The second kappa shape index (κ2) is 7.17. The van der Waals surface area contributed by atoms with Gasteiger partial charge in [0.1, 0.15) is 0 Å². The van der Waals surface area contributed by atoms with Crippen molar-refractivity contribution >= 4 is 11.3 Å². The first-order chi connectivity index (χ1) is 14.8. The molecule has 1 saturated heterocycles. The molecule has 0 saturated carbocycles. The second-order valence-corrected chi connectivity index (χ2v) is 8.88. The number of para-hydroxylation sites is 1. The quantitative estimate of drug-likeness (QED) is 0.732. The lowest BCUT2D eigenvalue weighted by atomic mass is 9.74. The molecule has 0 N–H and O–H groups in total. The summed E-state index contributed by atoms with van der Waals surface area (Å²) in [6.07, 6.45) is 9.78. The molecule has 3 nitrogen and oxygen atoms in total. The van der Waals surface area contributed by atoms with Gasteiger partial charge in [-0.2, -0.15) is 0 Å². The first-order valence-corrected chi connectivity index (χ1v) is 11.2.